The predicted molar refractivity (Wildman–Crippen MR) is 255 cm³/mol. The Hall–Kier alpha value is -4.57. The highest BCUT2D eigenvalue weighted by molar-refractivity contribution is 6.74. The van der Waals surface area contributed by atoms with Crippen LogP contribution in [-0.2, 0) is 27.1 Å². The maximum Gasteiger partial charge on any atom is 0.460 e. The van der Waals surface area contributed by atoms with E-state index >= 15 is 0 Å². The number of hydrogen-bond donors (Lipinski definition) is 0. The second kappa shape index (κ2) is 25.5. The maximum atomic E-state index is 14.6. The maximum absolute atomic E-state index is 14.6. The van der Waals surface area contributed by atoms with Crippen molar-refractivity contribution < 1.29 is 120 Å². The first kappa shape index (κ1) is 69.7. The SMILES string of the molecule is COc1ccc(COC(C(C)C=Cc2ccccc2)C(C)C(CCCO[Si](C)(C)C(C)(C)C)OCc2ccc(OCCCC(F)(F)C(F)(F)C(F)(F)C(F)(F)C(F)(F)C(F)(F)C(F)(F)C(F)(F)C(F)(F)C(F)(F)F)cc2)cc1OC. The topological polar surface area (TPSA) is 55.4 Å². The molecule has 0 spiro atoms. The lowest BCUT2D eigenvalue weighted by molar-refractivity contribution is -0.474. The van der Waals surface area contributed by atoms with Crippen LogP contribution in [0, 0.1) is 11.8 Å². The summed E-state index contributed by atoms with van der Waals surface area (Å²) < 4.78 is 326. The predicted octanol–water partition coefficient (Wildman–Crippen LogP) is 17.4. The van der Waals surface area contributed by atoms with E-state index in [1.807, 2.05) is 62.4 Å². The molecule has 0 aliphatic carbocycles. The van der Waals surface area contributed by atoms with Crippen molar-refractivity contribution in [1.82, 2.24) is 0 Å². The van der Waals surface area contributed by atoms with Crippen LogP contribution in [0.4, 0.5) is 92.2 Å². The van der Waals surface area contributed by atoms with Crippen molar-refractivity contribution in [2.45, 2.75) is 163 Å². The fourth-order valence-corrected chi connectivity index (χ4v) is 8.62. The van der Waals surface area contributed by atoms with Gasteiger partial charge in [0.25, 0.3) is 0 Å². The zero-order valence-corrected chi connectivity index (χ0v) is 45.4. The normalized spacial score (nSPS) is 15.9. The molecule has 0 fully saturated rings. The number of ether oxygens (including phenoxy) is 5. The molecule has 0 radical (unpaired) electrons. The number of methoxy groups -OCH3 is 2. The first-order valence-corrected chi connectivity index (χ1v) is 27.2. The molecular weight excluding hydrogens is 1150 g/mol. The summed E-state index contributed by atoms with van der Waals surface area (Å²) in [5.74, 6) is -77.2. The van der Waals surface area contributed by atoms with Gasteiger partial charge in [0.05, 0.1) is 46.2 Å². The van der Waals surface area contributed by atoms with Crippen LogP contribution in [0.15, 0.2) is 78.9 Å². The molecule has 0 N–H and O–H groups in total. The first-order valence-electron chi connectivity index (χ1n) is 24.3. The van der Waals surface area contributed by atoms with Crippen LogP contribution < -0.4 is 14.2 Å². The van der Waals surface area contributed by atoms with E-state index < -0.39 is 99.5 Å². The number of hydrogen-bond acceptors (Lipinski definition) is 6. The standard InChI is InChI=1S/C52H61F21O6Si/c1-32(18-19-34-15-11-10-12-16-34)41(78-31-36-22-25-39(74-6)40(29-36)75-7)33(2)38(17-13-28-79-80(8,9)42(3,4)5)77-30-35-20-23-37(24-21-35)76-27-14-26-43(53,54)44(55,56)45(57,58)46(59,60)47(61,62)48(63,64)49(65,66)50(67,68)51(69,70)52(71,72)73/h10-12,15-16,18-25,29,32-33,38,41H,13-14,17,26-28,30-31H2,1-9H3. The molecule has 3 aromatic carbocycles. The summed E-state index contributed by atoms with van der Waals surface area (Å²) in [7, 11) is 0.815. The Labute approximate surface area is 449 Å². The van der Waals surface area contributed by atoms with Gasteiger partial charge in [-0.15, -0.1) is 0 Å². The lowest BCUT2D eigenvalue weighted by Gasteiger charge is -2.44. The summed E-state index contributed by atoms with van der Waals surface area (Å²) in [6.07, 6.45) is -8.42. The molecule has 80 heavy (non-hydrogen) atoms. The molecule has 3 rings (SSSR count). The van der Waals surface area contributed by atoms with Gasteiger partial charge >= 0.3 is 59.5 Å². The molecule has 456 valence electrons. The third kappa shape index (κ3) is 14.4. The fourth-order valence-electron chi connectivity index (χ4n) is 7.54. The molecule has 0 bridgehead atoms. The highest BCUT2D eigenvalue weighted by Crippen LogP contribution is 2.66. The fraction of sp³-hybridized carbons (Fsp3) is 0.615. The summed E-state index contributed by atoms with van der Waals surface area (Å²) in [6, 6.07) is 19.9. The molecule has 0 aromatic heterocycles. The summed E-state index contributed by atoms with van der Waals surface area (Å²) in [5.41, 5.74) is 2.16. The first-order chi connectivity index (χ1) is 36.3. The molecule has 3 aromatic rings. The van der Waals surface area contributed by atoms with Gasteiger partial charge in [0, 0.05) is 24.9 Å². The second-order valence-corrected chi connectivity index (χ2v) is 25.3. The largest absolute Gasteiger partial charge is 0.494 e. The summed E-state index contributed by atoms with van der Waals surface area (Å²) in [4.78, 5) is 0. The van der Waals surface area contributed by atoms with Gasteiger partial charge in [0.2, 0.25) is 0 Å². The average molecular weight is 1210 g/mol. The Kier molecular flexibility index (Phi) is 22.2. The van der Waals surface area contributed by atoms with E-state index in [0.717, 1.165) is 11.1 Å². The zero-order valence-electron chi connectivity index (χ0n) is 44.4. The van der Waals surface area contributed by atoms with Gasteiger partial charge in [0.15, 0.2) is 19.8 Å². The quantitative estimate of drug-likeness (QED) is 0.0364. The molecule has 0 aliphatic heterocycles. The van der Waals surface area contributed by atoms with Crippen molar-refractivity contribution in [2.24, 2.45) is 11.8 Å². The smallest absolute Gasteiger partial charge is 0.460 e. The minimum Gasteiger partial charge on any atom is -0.494 e. The lowest BCUT2D eigenvalue weighted by Crippen LogP contribution is -2.76. The molecule has 0 saturated carbocycles. The number of alkyl halides is 21. The molecule has 28 heteroatoms. The van der Waals surface area contributed by atoms with Crippen LogP contribution in [0.1, 0.15) is 77.0 Å². The number of benzene rings is 3. The van der Waals surface area contributed by atoms with E-state index in [4.69, 9.17) is 28.1 Å². The van der Waals surface area contributed by atoms with Gasteiger partial charge in [0.1, 0.15) is 5.75 Å². The van der Waals surface area contributed by atoms with Gasteiger partial charge in [-0.2, -0.15) is 92.2 Å². The van der Waals surface area contributed by atoms with E-state index in [1.54, 1.807) is 12.1 Å². The molecule has 4 atom stereocenters. The third-order valence-corrected chi connectivity index (χ3v) is 18.2. The molecule has 0 heterocycles. The molecule has 4 unspecified atom stereocenters. The van der Waals surface area contributed by atoms with E-state index in [-0.39, 0.29) is 35.8 Å². The Bertz CT molecular complexity index is 2450. The van der Waals surface area contributed by atoms with Crippen molar-refractivity contribution in [2.75, 3.05) is 27.4 Å². The van der Waals surface area contributed by atoms with Crippen LogP contribution in [0.25, 0.3) is 6.08 Å². The number of halogens is 21. The zero-order chi connectivity index (χ0) is 61.6. The van der Waals surface area contributed by atoms with E-state index in [9.17, 15) is 92.2 Å². The van der Waals surface area contributed by atoms with E-state index in [2.05, 4.69) is 33.9 Å². The highest BCUT2D eigenvalue weighted by atomic mass is 28.4. The van der Waals surface area contributed by atoms with E-state index in [0.29, 0.717) is 36.5 Å². The molecular formula is C52H61F21O6Si. The monoisotopic (exact) mass is 1210 g/mol. The van der Waals surface area contributed by atoms with Crippen LogP contribution >= 0.6 is 0 Å². The Balaban J connectivity index is 1.82. The van der Waals surface area contributed by atoms with Gasteiger partial charge in [-0.3, -0.25) is 0 Å². The van der Waals surface area contributed by atoms with Crippen LogP contribution in [0.5, 0.6) is 17.2 Å². The summed E-state index contributed by atoms with van der Waals surface area (Å²) >= 11 is 0. The summed E-state index contributed by atoms with van der Waals surface area (Å²) in [6.45, 7) is 13.7. The molecule has 6 nitrogen and oxygen atoms in total. The molecule has 0 aliphatic rings. The molecule has 0 saturated heterocycles. The van der Waals surface area contributed by atoms with Crippen LogP contribution in [-0.4, -0.2) is 107 Å². The Morgan fingerprint density at radius 1 is 0.525 bits per heavy atom. The minimum absolute atomic E-state index is 0.0831. The Morgan fingerprint density at radius 2 is 1.00 bits per heavy atom. The third-order valence-electron chi connectivity index (χ3n) is 13.7. The van der Waals surface area contributed by atoms with Crippen molar-refractivity contribution in [1.29, 1.82) is 0 Å². The van der Waals surface area contributed by atoms with E-state index in [1.165, 1.54) is 38.5 Å². The van der Waals surface area contributed by atoms with Crippen LogP contribution in [0.3, 0.4) is 0 Å². The van der Waals surface area contributed by atoms with Gasteiger partial charge in [-0.25, -0.2) is 0 Å². The Morgan fingerprint density at radius 3 is 1.49 bits per heavy atom. The van der Waals surface area contributed by atoms with Crippen molar-refractivity contribution in [3.63, 3.8) is 0 Å². The second-order valence-electron chi connectivity index (χ2n) is 20.4. The van der Waals surface area contributed by atoms with Gasteiger partial charge < -0.3 is 28.1 Å². The summed E-state index contributed by atoms with van der Waals surface area (Å²) in [5, 5.41) is -0.0894. The molecule has 0 amide bonds. The van der Waals surface area contributed by atoms with Crippen molar-refractivity contribution in [3.8, 4) is 17.2 Å². The van der Waals surface area contributed by atoms with Crippen LogP contribution in [0.2, 0.25) is 18.1 Å². The number of rotatable bonds is 31. The van der Waals surface area contributed by atoms with Gasteiger partial charge in [-0.1, -0.05) is 95.3 Å². The highest BCUT2D eigenvalue weighted by Gasteiger charge is 2.97. The minimum atomic E-state index is -9.22. The van der Waals surface area contributed by atoms with Crippen molar-refractivity contribution in [3.05, 3.63) is 95.6 Å². The van der Waals surface area contributed by atoms with Crippen molar-refractivity contribution >= 4 is 14.4 Å². The van der Waals surface area contributed by atoms with Gasteiger partial charge in [-0.05, 0) is 78.4 Å². The lowest BCUT2D eigenvalue weighted by atomic mass is 9.85. The average Bonchev–Trinajstić information content (AvgIpc) is 3.36.